The van der Waals surface area contributed by atoms with Crippen molar-refractivity contribution in [2.24, 2.45) is 0 Å². The molecule has 4 heteroatoms. The summed E-state index contributed by atoms with van der Waals surface area (Å²) in [6.07, 6.45) is 0. The number of rotatable bonds is 2. The minimum atomic E-state index is -0.429. The van der Waals surface area contributed by atoms with Gasteiger partial charge in [0, 0.05) is 0 Å². The van der Waals surface area contributed by atoms with Crippen molar-refractivity contribution in [2.45, 2.75) is 6.92 Å². The van der Waals surface area contributed by atoms with Gasteiger partial charge in [-0.25, -0.2) is 4.79 Å². The van der Waals surface area contributed by atoms with Crippen molar-refractivity contribution in [1.82, 2.24) is 0 Å². The maximum Gasteiger partial charge on any atom is 0.343 e. The molecule has 3 nitrogen and oxygen atoms in total. The van der Waals surface area contributed by atoms with Gasteiger partial charge in [-0.1, -0.05) is 17.7 Å². The van der Waals surface area contributed by atoms with Crippen LogP contribution in [0.4, 0.5) is 0 Å². The molecule has 2 aromatic carbocycles. The van der Waals surface area contributed by atoms with Crippen LogP contribution in [0.5, 0.6) is 11.5 Å². The third-order valence-corrected chi connectivity index (χ3v) is 3.03. The molecule has 1 N–H and O–H groups in total. The van der Waals surface area contributed by atoms with Gasteiger partial charge in [-0.3, -0.25) is 0 Å². The van der Waals surface area contributed by atoms with Gasteiger partial charge >= 0.3 is 5.97 Å². The maximum atomic E-state index is 11.9. The molecule has 0 fully saturated rings. The smallest absolute Gasteiger partial charge is 0.343 e. The quantitative estimate of drug-likeness (QED) is 0.680. The molecule has 92 valence electrons. The van der Waals surface area contributed by atoms with Gasteiger partial charge in [0.1, 0.15) is 11.5 Å². The molecule has 18 heavy (non-hydrogen) atoms. The normalized spacial score (nSPS) is 10.1. The molecular formula is C14H11BrO3. The highest BCUT2D eigenvalue weighted by Crippen LogP contribution is 2.29. The molecule has 0 unspecified atom stereocenters. The van der Waals surface area contributed by atoms with Crippen LogP contribution in [0.25, 0.3) is 0 Å². The van der Waals surface area contributed by atoms with E-state index in [9.17, 15) is 9.90 Å². The van der Waals surface area contributed by atoms with Gasteiger partial charge in [-0.2, -0.15) is 0 Å². The van der Waals surface area contributed by atoms with Gasteiger partial charge < -0.3 is 9.84 Å². The minimum absolute atomic E-state index is 0.108. The Balaban J connectivity index is 2.18. The highest BCUT2D eigenvalue weighted by molar-refractivity contribution is 9.10. The number of hydrogen-bond donors (Lipinski definition) is 1. The number of benzene rings is 2. The summed E-state index contributed by atoms with van der Waals surface area (Å²) in [5.74, 6) is 0.0526. The number of phenols is 1. The highest BCUT2D eigenvalue weighted by atomic mass is 79.9. The van der Waals surface area contributed by atoms with Crippen molar-refractivity contribution < 1.29 is 14.6 Å². The molecule has 0 saturated carbocycles. The summed E-state index contributed by atoms with van der Waals surface area (Å²) in [6.45, 7) is 1.95. The topological polar surface area (TPSA) is 46.5 Å². The number of aryl methyl sites for hydroxylation is 1. The fourth-order valence-corrected chi connectivity index (χ4v) is 1.87. The van der Waals surface area contributed by atoms with Crippen molar-refractivity contribution in [2.75, 3.05) is 0 Å². The summed E-state index contributed by atoms with van der Waals surface area (Å²) in [4.78, 5) is 11.9. The van der Waals surface area contributed by atoms with Crippen molar-refractivity contribution >= 4 is 21.9 Å². The van der Waals surface area contributed by atoms with Gasteiger partial charge in [0.2, 0.25) is 0 Å². The molecule has 0 aromatic heterocycles. The van der Waals surface area contributed by atoms with Crippen LogP contribution in [-0.2, 0) is 0 Å². The molecule has 0 saturated heterocycles. The Labute approximate surface area is 113 Å². The van der Waals surface area contributed by atoms with Crippen LogP contribution in [0.1, 0.15) is 15.9 Å². The third-order valence-electron chi connectivity index (χ3n) is 2.41. The van der Waals surface area contributed by atoms with E-state index in [2.05, 4.69) is 15.9 Å². The lowest BCUT2D eigenvalue weighted by atomic mass is 10.1. The molecule has 0 aliphatic heterocycles. The lowest BCUT2D eigenvalue weighted by Gasteiger charge is -2.06. The molecule has 0 aliphatic carbocycles. The Morgan fingerprint density at radius 3 is 2.44 bits per heavy atom. The van der Waals surface area contributed by atoms with Crippen molar-refractivity contribution in [3.05, 3.63) is 58.1 Å². The molecule has 2 rings (SSSR count). The zero-order valence-corrected chi connectivity index (χ0v) is 11.3. The number of ether oxygens (including phenoxy) is 1. The van der Waals surface area contributed by atoms with Crippen molar-refractivity contribution in [3.63, 3.8) is 0 Å². The summed E-state index contributed by atoms with van der Waals surface area (Å²) in [5, 5.41) is 9.25. The lowest BCUT2D eigenvalue weighted by Crippen LogP contribution is -2.08. The predicted octanol–water partition coefficient (Wildman–Crippen LogP) is 3.68. The van der Waals surface area contributed by atoms with E-state index in [1.54, 1.807) is 12.1 Å². The van der Waals surface area contributed by atoms with Crippen LogP contribution in [-0.4, -0.2) is 11.1 Å². The monoisotopic (exact) mass is 306 g/mol. The summed E-state index contributed by atoms with van der Waals surface area (Å²) in [5.41, 5.74) is 1.57. The van der Waals surface area contributed by atoms with Crippen molar-refractivity contribution in [1.29, 1.82) is 0 Å². The Bertz CT molecular complexity index is 576. The number of hydrogen-bond acceptors (Lipinski definition) is 3. The van der Waals surface area contributed by atoms with Crippen LogP contribution in [0.3, 0.4) is 0 Å². The number of esters is 1. The SMILES string of the molecule is Cc1ccc(C(=O)Oc2ccc(O)cc2Br)cc1. The molecular weight excluding hydrogens is 296 g/mol. The fraction of sp³-hybridized carbons (Fsp3) is 0.0714. The number of carbonyl (C=O) groups excluding carboxylic acids is 1. The molecule has 0 radical (unpaired) electrons. The van der Waals surface area contributed by atoms with E-state index in [4.69, 9.17) is 4.74 Å². The standard InChI is InChI=1S/C14H11BrO3/c1-9-2-4-10(5-3-9)14(17)18-13-7-6-11(16)8-12(13)15/h2-8,16H,1H3. The van der Waals surface area contributed by atoms with Gasteiger partial charge in [-0.15, -0.1) is 0 Å². The van der Waals surface area contributed by atoms with Crippen LogP contribution < -0.4 is 4.74 Å². The van der Waals surface area contributed by atoms with E-state index in [0.717, 1.165) is 5.56 Å². The third kappa shape index (κ3) is 2.90. The summed E-state index contributed by atoms with van der Waals surface area (Å²) < 4.78 is 5.76. The second-order valence-corrected chi connectivity index (χ2v) is 4.72. The van der Waals surface area contributed by atoms with Crippen LogP contribution in [0.2, 0.25) is 0 Å². The van der Waals surface area contributed by atoms with Crippen LogP contribution >= 0.6 is 15.9 Å². The maximum absolute atomic E-state index is 11.9. The zero-order chi connectivity index (χ0) is 13.1. The van der Waals surface area contributed by atoms with Gasteiger partial charge in [0.25, 0.3) is 0 Å². The number of aromatic hydroxyl groups is 1. The summed E-state index contributed by atoms with van der Waals surface area (Å²) in [6, 6.07) is 11.6. The van der Waals surface area contributed by atoms with Crippen LogP contribution in [0.15, 0.2) is 46.9 Å². The molecule has 0 heterocycles. The predicted molar refractivity (Wildman–Crippen MR) is 71.9 cm³/mol. The Hall–Kier alpha value is -1.81. The van der Waals surface area contributed by atoms with E-state index in [-0.39, 0.29) is 5.75 Å². The lowest BCUT2D eigenvalue weighted by molar-refractivity contribution is 0.0733. The van der Waals surface area contributed by atoms with Crippen LogP contribution in [0, 0.1) is 6.92 Å². The van der Waals surface area contributed by atoms with Gasteiger partial charge in [-0.05, 0) is 53.2 Å². The molecule has 0 bridgehead atoms. The highest BCUT2D eigenvalue weighted by Gasteiger charge is 2.10. The fourth-order valence-electron chi connectivity index (χ4n) is 1.42. The first-order valence-corrected chi connectivity index (χ1v) is 6.13. The van der Waals surface area contributed by atoms with E-state index in [1.165, 1.54) is 18.2 Å². The van der Waals surface area contributed by atoms with Gasteiger partial charge in [0.05, 0.1) is 10.0 Å². The van der Waals surface area contributed by atoms with E-state index < -0.39 is 5.97 Å². The summed E-state index contributed by atoms with van der Waals surface area (Å²) >= 11 is 3.22. The zero-order valence-electron chi connectivity index (χ0n) is 9.68. The molecule has 0 aliphatic rings. The second kappa shape index (κ2) is 5.23. The van der Waals surface area contributed by atoms with E-state index in [1.807, 2.05) is 19.1 Å². The average Bonchev–Trinajstić information content (AvgIpc) is 2.33. The largest absolute Gasteiger partial charge is 0.508 e. The molecule has 2 aromatic rings. The Morgan fingerprint density at radius 2 is 1.83 bits per heavy atom. The van der Waals surface area contributed by atoms with E-state index in [0.29, 0.717) is 15.8 Å². The minimum Gasteiger partial charge on any atom is -0.508 e. The first-order chi connectivity index (χ1) is 8.56. The number of halogens is 1. The first-order valence-electron chi connectivity index (χ1n) is 5.33. The molecule has 0 atom stereocenters. The Kier molecular flexibility index (Phi) is 3.67. The molecule has 0 spiro atoms. The first kappa shape index (κ1) is 12.6. The van der Waals surface area contributed by atoms with E-state index >= 15 is 0 Å². The molecule has 0 amide bonds. The Morgan fingerprint density at radius 1 is 1.17 bits per heavy atom. The van der Waals surface area contributed by atoms with Gasteiger partial charge in [0.15, 0.2) is 0 Å². The number of carbonyl (C=O) groups is 1. The summed E-state index contributed by atoms with van der Waals surface area (Å²) in [7, 11) is 0. The number of phenolic OH excluding ortho intramolecular Hbond substituents is 1. The average molecular weight is 307 g/mol. The van der Waals surface area contributed by atoms with Crippen molar-refractivity contribution in [3.8, 4) is 11.5 Å². The second-order valence-electron chi connectivity index (χ2n) is 3.87.